The Balaban J connectivity index is -0.000000217. The fraction of sp³-hybridized carbons (Fsp3) is 0.500. The fourth-order valence-electron chi connectivity index (χ4n) is 5.82. The molecule has 1 aromatic heterocycles. The molecule has 59 heavy (non-hydrogen) atoms. The number of carbonyl (C=O) groups is 1. The number of nitrogen functional groups attached to an aromatic ring is 1. The van der Waals surface area contributed by atoms with Crippen molar-refractivity contribution >= 4 is 75.5 Å². The van der Waals surface area contributed by atoms with Gasteiger partial charge in [0.25, 0.3) is 12.2 Å². The van der Waals surface area contributed by atoms with E-state index in [2.05, 4.69) is 94.1 Å². The Morgan fingerprint density at radius 3 is 1.51 bits per heavy atom. The number of nitrogens with one attached hydrogen (secondary N) is 1. The smallest absolute Gasteiger partial charge is 1.00 e. The number of nitro benzene ring substituents is 1. The minimum absolute atomic E-state index is 0. The number of hydrogen-bond donors (Lipinski definition) is 2. The summed E-state index contributed by atoms with van der Waals surface area (Å²) in [5.41, 5.74) is 9.01. The number of anilines is 3. The van der Waals surface area contributed by atoms with Crippen molar-refractivity contribution in [1.82, 2.24) is 25.0 Å². The summed E-state index contributed by atoms with van der Waals surface area (Å²) >= 11 is 0. The van der Waals surface area contributed by atoms with Gasteiger partial charge in [0.05, 0.1) is 4.92 Å². The molecular weight excluding hydrogens is 878 g/mol. The van der Waals surface area contributed by atoms with Crippen LogP contribution in [0.15, 0.2) is 66.9 Å². The van der Waals surface area contributed by atoms with Crippen LogP contribution < -0.4 is 129 Å². The fourth-order valence-corrected chi connectivity index (χ4v) is 5.82. The van der Waals surface area contributed by atoms with Crippen molar-refractivity contribution in [3.63, 3.8) is 0 Å². The maximum absolute atomic E-state index is 12.1. The Labute approximate surface area is 455 Å². The van der Waals surface area contributed by atoms with Gasteiger partial charge >= 0.3 is 109 Å². The first-order valence-electron chi connectivity index (χ1n) is 17.4. The molecule has 3 saturated heterocycles. The molecule has 2 aromatic carbocycles. The Kier molecular flexibility index (Phi) is 39.3. The van der Waals surface area contributed by atoms with E-state index >= 15 is 0 Å². The summed E-state index contributed by atoms with van der Waals surface area (Å²) in [7, 11) is 12.7. The third kappa shape index (κ3) is 25.3. The van der Waals surface area contributed by atoms with Gasteiger partial charge in [-0.2, -0.15) is 40.5 Å². The van der Waals surface area contributed by atoms with E-state index in [9.17, 15) is 24.6 Å². The van der Waals surface area contributed by atoms with Crippen molar-refractivity contribution < 1.29 is 133 Å². The summed E-state index contributed by atoms with van der Waals surface area (Å²) in [4.78, 5) is 45.4. The minimum atomic E-state index is -0.681. The predicted molar refractivity (Wildman–Crippen MR) is 238 cm³/mol. The van der Waals surface area contributed by atoms with Gasteiger partial charge in [0.15, 0.2) is 12.0 Å². The molecule has 3 fully saturated rings. The molecule has 0 unspecified atom stereocenters. The number of non-ortho nitro benzene ring substituents is 1. The van der Waals surface area contributed by atoms with Crippen LogP contribution in [0.3, 0.4) is 0 Å². The van der Waals surface area contributed by atoms with Gasteiger partial charge in [-0.3, -0.25) is 14.9 Å². The standard InChI is InChI=1S/C12H17N3O2.C12H19N3.C6H14N2.C5H3FN2O2.CH2O3.2K.3H2S.H/c1-13(2)12-7-8-14(9-12)10-3-5-11(6-4-10)15(16)17;1-14(2)12-7-8-15(9-12)11-5-3-10(13)4-6-11;1-8(2)6-3-4-7-5-6;6-4-1-2-5(7-3-4)8(9)10;2-1-4-3;;;;;;/h3-6,12H,7-9H2,1-2H3;3-6,12H,7-9,13H2,1-2H3;6-7H,3-5H2,1-2H3;1-3H;1,3H;;;3*1H2;/q;;;;;2*+1;;;;-1/p-1/t2*12-;6-;;;;;;;;/m000......../s1. The van der Waals surface area contributed by atoms with Crippen LogP contribution in [-0.2, 0) is 9.68 Å². The number of hydrogen-bond acceptors (Lipinski definition) is 15. The van der Waals surface area contributed by atoms with E-state index in [1.807, 2.05) is 24.3 Å². The quantitative estimate of drug-likeness (QED) is 0.0581. The van der Waals surface area contributed by atoms with Gasteiger partial charge in [-0.25, -0.2) is 4.39 Å². The Hall–Kier alpha value is -0.687. The first kappa shape index (κ1) is 64.9. The summed E-state index contributed by atoms with van der Waals surface area (Å²) < 4.78 is 12.1. The number of nitrogens with two attached hydrogens (primary N) is 1. The van der Waals surface area contributed by atoms with E-state index in [1.54, 1.807) is 12.1 Å². The molecule has 3 aliphatic heterocycles. The molecule has 4 heterocycles. The van der Waals surface area contributed by atoms with E-state index in [1.165, 1.54) is 31.6 Å². The molecule has 324 valence electrons. The number of carbonyl (C=O) groups excluding carboxylic acids is 1. The molecule has 3 atom stereocenters. The molecule has 3 N–H and O–H groups in total. The van der Waals surface area contributed by atoms with Gasteiger partial charge in [-0.1, -0.05) is 0 Å². The van der Waals surface area contributed by atoms with Gasteiger partial charge in [0.1, 0.15) is 0 Å². The molecule has 0 spiro atoms. The Morgan fingerprint density at radius 1 is 0.780 bits per heavy atom. The van der Waals surface area contributed by atoms with Crippen LogP contribution in [0.25, 0.3) is 0 Å². The van der Waals surface area contributed by atoms with Crippen LogP contribution in [-0.4, -0.2) is 136 Å². The second-order valence-corrected chi connectivity index (χ2v) is 13.5. The topological polar surface area (TPSA) is 203 Å². The van der Waals surface area contributed by atoms with E-state index in [4.69, 9.17) is 15.8 Å². The first-order valence-corrected chi connectivity index (χ1v) is 17.4. The van der Waals surface area contributed by atoms with Crippen LogP contribution in [0.1, 0.15) is 20.7 Å². The summed E-state index contributed by atoms with van der Waals surface area (Å²) in [5, 5.41) is 32.2. The van der Waals surface area contributed by atoms with Crippen molar-refractivity contribution in [2.75, 3.05) is 97.1 Å². The molecule has 0 bridgehead atoms. The molecule has 3 aliphatic rings. The number of benzene rings is 2. The number of aromatic nitrogens is 1. The predicted octanol–water partition coefficient (Wildman–Crippen LogP) is -2.92. The normalized spacial score (nSPS) is 17.1. The van der Waals surface area contributed by atoms with Crippen molar-refractivity contribution in [3.05, 3.63) is 92.9 Å². The number of pyridine rings is 1. The van der Waals surface area contributed by atoms with E-state index in [0.717, 1.165) is 68.3 Å². The molecule has 0 radical (unpaired) electrons. The Bertz CT molecular complexity index is 1570. The van der Waals surface area contributed by atoms with Gasteiger partial charge in [-0.15, -0.1) is 0 Å². The number of likely N-dealkylation sites (N-methyl/N-ethyl adjacent to an activating group) is 3. The molecule has 0 amide bonds. The van der Waals surface area contributed by atoms with Crippen molar-refractivity contribution in [1.29, 1.82) is 0 Å². The molecule has 0 aliphatic carbocycles. The van der Waals surface area contributed by atoms with Gasteiger partial charge in [0.2, 0.25) is 0 Å². The van der Waals surface area contributed by atoms with Crippen LogP contribution in [0, 0.1) is 26.0 Å². The number of rotatable bonds is 8. The average molecular weight is 939 g/mol. The van der Waals surface area contributed by atoms with Crippen LogP contribution in [0.2, 0.25) is 0 Å². The summed E-state index contributed by atoms with van der Waals surface area (Å²) in [6, 6.07) is 19.0. The monoisotopic (exact) mass is 938 g/mol. The second-order valence-electron chi connectivity index (χ2n) is 13.5. The number of nitrogens with zero attached hydrogens (tertiary/aromatic N) is 8. The molecule has 6 rings (SSSR count). The van der Waals surface area contributed by atoms with Gasteiger partial charge in [-0.05, 0) is 120 Å². The molecule has 3 aromatic rings. The summed E-state index contributed by atoms with van der Waals surface area (Å²) in [6.45, 7) is 6.46. The zero-order valence-electron chi connectivity index (χ0n) is 36.4. The van der Waals surface area contributed by atoms with Crippen molar-refractivity contribution in [2.45, 2.75) is 37.4 Å². The molecule has 0 saturated carbocycles. The van der Waals surface area contributed by atoms with Crippen LogP contribution in [0.4, 0.5) is 33.0 Å². The van der Waals surface area contributed by atoms with Gasteiger partial charge < -0.3 is 57.2 Å². The first-order chi connectivity index (χ1) is 25.7. The third-order valence-corrected chi connectivity index (χ3v) is 9.17. The third-order valence-electron chi connectivity index (χ3n) is 9.17. The van der Waals surface area contributed by atoms with E-state index in [0.29, 0.717) is 12.1 Å². The van der Waals surface area contributed by atoms with Crippen LogP contribution in [0.5, 0.6) is 0 Å². The van der Waals surface area contributed by atoms with Crippen LogP contribution >= 0.6 is 40.5 Å². The van der Waals surface area contributed by atoms with Crippen molar-refractivity contribution in [3.8, 4) is 0 Å². The summed E-state index contributed by atoms with van der Waals surface area (Å²) in [5.74, 6) is -0.924. The van der Waals surface area contributed by atoms with Crippen molar-refractivity contribution in [2.24, 2.45) is 0 Å². The maximum atomic E-state index is 12.1. The average Bonchev–Trinajstić information content (AvgIpc) is 3.97. The number of nitro groups is 2. The maximum Gasteiger partial charge on any atom is 1.00 e. The molecule has 23 heteroatoms. The second kappa shape index (κ2) is 35.7. The summed E-state index contributed by atoms with van der Waals surface area (Å²) in [6.07, 6.45) is 4.51. The minimum Gasteiger partial charge on any atom is -1.00 e. The zero-order valence-corrected chi connectivity index (χ0v) is 44.7. The Morgan fingerprint density at radius 2 is 1.22 bits per heavy atom. The molecule has 17 nitrogen and oxygen atoms in total. The zero-order chi connectivity index (χ0) is 40.2. The van der Waals surface area contributed by atoms with Gasteiger partial charge in [0, 0.05) is 86.1 Å². The van der Waals surface area contributed by atoms with E-state index in [-0.39, 0.29) is 168 Å². The SMILES string of the molecule is CN(C)[C@H]1CCN(c2ccc(N)cc2)C1.CN(C)[C@H]1CCN(c2ccc([N+](=O)[O-])cc2)C1.CN(C)[C@H]1CCNC1.O=CO[O-].O=[N+]([O-])c1ccc(F)cn1.S.S.S.[H-].[K+].[K+]. The molecular formula is C36H61FK2N10O7S3. The largest absolute Gasteiger partial charge is 1.00 e. The number of halogens is 1. The van der Waals surface area contributed by atoms with E-state index < -0.39 is 10.7 Å².